The van der Waals surface area contributed by atoms with Gasteiger partial charge in [0.1, 0.15) is 5.78 Å². The molecule has 0 radical (unpaired) electrons. The lowest BCUT2D eigenvalue weighted by atomic mass is 9.54. The van der Waals surface area contributed by atoms with E-state index >= 15 is 0 Å². The summed E-state index contributed by atoms with van der Waals surface area (Å²) in [7, 11) is 0. The van der Waals surface area contributed by atoms with E-state index in [9.17, 15) is 14.7 Å². The number of carbonyl (C=O) groups is 2. The number of hydrogen-bond acceptors (Lipinski definition) is 6. The number of amides is 1. The van der Waals surface area contributed by atoms with E-state index in [2.05, 4.69) is 18.3 Å². The first-order valence-corrected chi connectivity index (χ1v) is 14.5. The summed E-state index contributed by atoms with van der Waals surface area (Å²) in [5.41, 5.74) is 3.25. The molecule has 3 aliphatic carbocycles. The summed E-state index contributed by atoms with van der Waals surface area (Å²) < 4.78 is 16.5. The number of rotatable bonds is 8. The van der Waals surface area contributed by atoms with Crippen molar-refractivity contribution in [1.29, 1.82) is 0 Å². The van der Waals surface area contributed by atoms with E-state index in [1.807, 2.05) is 31.2 Å². The van der Waals surface area contributed by atoms with E-state index in [-0.39, 0.29) is 23.9 Å². The highest BCUT2D eigenvalue weighted by atomic mass is 16.7. The Labute approximate surface area is 230 Å². The minimum absolute atomic E-state index is 0.0381. The van der Waals surface area contributed by atoms with Crippen molar-refractivity contribution < 1.29 is 28.9 Å². The lowest BCUT2D eigenvalue weighted by Gasteiger charge is -2.50. The number of fused-ring (bicyclic) bond motifs is 6. The van der Waals surface area contributed by atoms with Crippen molar-refractivity contribution in [2.45, 2.75) is 77.7 Å². The van der Waals surface area contributed by atoms with Gasteiger partial charge in [0.2, 0.25) is 12.7 Å². The van der Waals surface area contributed by atoms with Crippen LogP contribution in [0.2, 0.25) is 0 Å². The molecule has 1 heterocycles. The van der Waals surface area contributed by atoms with Gasteiger partial charge in [0.15, 0.2) is 23.0 Å². The van der Waals surface area contributed by atoms with Gasteiger partial charge in [0, 0.05) is 24.8 Å². The predicted octanol–water partition coefficient (Wildman–Crippen LogP) is 5.66. The van der Waals surface area contributed by atoms with Crippen molar-refractivity contribution in [2.75, 3.05) is 13.4 Å². The number of hydrogen-bond donors (Lipinski definition) is 2. The summed E-state index contributed by atoms with van der Waals surface area (Å²) in [4.78, 5) is 26.0. The van der Waals surface area contributed by atoms with Gasteiger partial charge in [-0.15, -0.1) is 0 Å². The Morgan fingerprint density at radius 1 is 1.18 bits per heavy atom. The largest absolute Gasteiger partial charge is 0.504 e. The minimum Gasteiger partial charge on any atom is -0.504 e. The quantitative estimate of drug-likeness (QED) is 0.455. The third kappa shape index (κ3) is 4.74. The number of nitrogens with one attached hydrogen (secondary N) is 1. The van der Waals surface area contributed by atoms with Gasteiger partial charge in [-0.2, -0.15) is 0 Å². The Balaban J connectivity index is 1.09. The molecule has 1 amide bonds. The van der Waals surface area contributed by atoms with Crippen LogP contribution < -0.4 is 19.5 Å². The van der Waals surface area contributed by atoms with Gasteiger partial charge in [0.25, 0.3) is 0 Å². The highest BCUT2D eigenvalue weighted by molar-refractivity contribution is 5.87. The van der Waals surface area contributed by atoms with Gasteiger partial charge in [-0.25, -0.2) is 0 Å². The summed E-state index contributed by atoms with van der Waals surface area (Å²) in [5, 5.41) is 13.5. The summed E-state index contributed by atoms with van der Waals surface area (Å²) in [5.74, 6) is 4.21. The molecule has 0 unspecified atom stereocenters. The van der Waals surface area contributed by atoms with Crippen molar-refractivity contribution in [3.05, 3.63) is 47.0 Å². The first-order valence-electron chi connectivity index (χ1n) is 14.5. The third-order valence-electron chi connectivity index (χ3n) is 9.85. The van der Waals surface area contributed by atoms with Crippen LogP contribution in [0.4, 0.5) is 0 Å². The lowest BCUT2D eigenvalue weighted by molar-refractivity contribution is -0.129. The summed E-state index contributed by atoms with van der Waals surface area (Å²) in [6.07, 6.45) is 6.67. The van der Waals surface area contributed by atoms with E-state index in [0.29, 0.717) is 61.2 Å². The molecular formula is C32H39NO6. The van der Waals surface area contributed by atoms with Crippen LogP contribution in [0, 0.1) is 23.2 Å². The maximum atomic E-state index is 13.3. The summed E-state index contributed by atoms with van der Waals surface area (Å²) in [6, 6.07) is 9.68. The zero-order valence-corrected chi connectivity index (χ0v) is 23.0. The molecule has 208 valence electrons. The normalized spacial score (nSPS) is 28.4. The van der Waals surface area contributed by atoms with Crippen LogP contribution in [0.3, 0.4) is 0 Å². The van der Waals surface area contributed by atoms with E-state index in [4.69, 9.17) is 14.2 Å². The maximum Gasteiger partial charge on any atom is 0.231 e. The molecule has 4 aliphatic rings. The number of ketones is 1. The number of aryl methyl sites for hydroxylation is 1. The van der Waals surface area contributed by atoms with Crippen LogP contribution >= 0.6 is 0 Å². The number of ether oxygens (including phenoxy) is 3. The monoisotopic (exact) mass is 533 g/mol. The van der Waals surface area contributed by atoms with Crippen molar-refractivity contribution in [3.63, 3.8) is 0 Å². The topological polar surface area (TPSA) is 94.1 Å². The molecule has 0 saturated heterocycles. The molecule has 2 N–H and O–H groups in total. The Morgan fingerprint density at radius 2 is 2.03 bits per heavy atom. The number of phenolic OH excluding ortho intramolecular Hbond substituents is 1. The maximum absolute atomic E-state index is 13.3. The molecule has 5 atom stereocenters. The standard InChI is InChI=1S/C32H39NO6/c1-3-37-27-16-24-20(14-25(27)34)8-9-23-22(24)11-12-32(2)29(35)15-21(31(23)32)5-4-6-30(36)33-17-19-7-10-26-28(13-19)39-18-38-26/h7,10,13-14,16,21-23,31,34H,3-6,8-9,11-12,15,17-18H2,1-2H3,(H,33,36)/t21-,22-,23+,31-,32+/m0/s1. The average Bonchev–Trinajstić information content (AvgIpc) is 3.49. The zero-order valence-electron chi connectivity index (χ0n) is 23.0. The second kappa shape index (κ2) is 10.4. The molecule has 7 heteroatoms. The smallest absolute Gasteiger partial charge is 0.231 e. The Morgan fingerprint density at radius 3 is 2.87 bits per heavy atom. The molecule has 1 aliphatic heterocycles. The Hall–Kier alpha value is -3.22. The van der Waals surface area contributed by atoms with Crippen LogP contribution in [0.25, 0.3) is 0 Å². The van der Waals surface area contributed by atoms with Gasteiger partial charge in [-0.05, 0) is 110 Å². The molecule has 39 heavy (non-hydrogen) atoms. The van der Waals surface area contributed by atoms with Gasteiger partial charge < -0.3 is 24.6 Å². The zero-order chi connectivity index (χ0) is 27.1. The number of benzene rings is 2. The molecule has 2 aromatic rings. The molecule has 2 fully saturated rings. The number of phenols is 1. The third-order valence-corrected chi connectivity index (χ3v) is 9.85. The predicted molar refractivity (Wildman–Crippen MR) is 146 cm³/mol. The van der Waals surface area contributed by atoms with Gasteiger partial charge in [0.05, 0.1) is 6.61 Å². The fraction of sp³-hybridized carbons (Fsp3) is 0.562. The number of carbonyl (C=O) groups excluding carboxylic acids is 2. The van der Waals surface area contributed by atoms with Crippen molar-refractivity contribution in [3.8, 4) is 23.0 Å². The van der Waals surface area contributed by atoms with Gasteiger partial charge >= 0.3 is 0 Å². The highest BCUT2D eigenvalue weighted by Gasteiger charge is 2.58. The molecule has 7 nitrogen and oxygen atoms in total. The fourth-order valence-corrected chi connectivity index (χ4v) is 8.05. The van der Waals surface area contributed by atoms with E-state index in [0.717, 1.165) is 55.6 Å². The first kappa shape index (κ1) is 26.0. The minimum atomic E-state index is -0.259. The molecule has 6 rings (SSSR count). The average molecular weight is 534 g/mol. The lowest BCUT2D eigenvalue weighted by Crippen LogP contribution is -2.44. The number of aromatic hydroxyl groups is 1. The van der Waals surface area contributed by atoms with Crippen LogP contribution in [-0.2, 0) is 22.6 Å². The van der Waals surface area contributed by atoms with Crippen molar-refractivity contribution in [1.82, 2.24) is 5.32 Å². The Kier molecular flexibility index (Phi) is 6.94. The summed E-state index contributed by atoms with van der Waals surface area (Å²) in [6.45, 7) is 5.34. The molecule has 0 bridgehead atoms. The van der Waals surface area contributed by atoms with Crippen LogP contribution in [0.5, 0.6) is 23.0 Å². The Bertz CT molecular complexity index is 1270. The van der Waals surface area contributed by atoms with E-state index in [1.54, 1.807) is 0 Å². The van der Waals surface area contributed by atoms with Crippen molar-refractivity contribution >= 4 is 11.7 Å². The van der Waals surface area contributed by atoms with E-state index in [1.165, 1.54) is 11.1 Å². The molecule has 2 saturated carbocycles. The molecule has 0 spiro atoms. The number of Topliss-reactive ketones (excluding diaryl/α,β-unsaturated/α-hetero) is 1. The van der Waals surface area contributed by atoms with Crippen LogP contribution in [0.1, 0.15) is 81.4 Å². The second-order valence-corrected chi connectivity index (χ2v) is 12.0. The second-order valence-electron chi connectivity index (χ2n) is 12.0. The SMILES string of the molecule is CCOc1cc2c(cc1O)CC[C@H]1[C@@H]3[C@@H](CCCC(=O)NCc4ccc5c(c4)OCO5)CC(=O)[C@@]3(C)CC[C@H]21. The molecular weight excluding hydrogens is 494 g/mol. The summed E-state index contributed by atoms with van der Waals surface area (Å²) >= 11 is 0. The van der Waals surface area contributed by atoms with Gasteiger partial charge in [-0.3, -0.25) is 9.59 Å². The van der Waals surface area contributed by atoms with Crippen molar-refractivity contribution in [2.24, 2.45) is 23.2 Å². The van der Waals surface area contributed by atoms with Gasteiger partial charge in [-0.1, -0.05) is 13.0 Å². The highest BCUT2D eigenvalue weighted by Crippen LogP contribution is 2.62. The molecule has 0 aromatic heterocycles. The molecule has 2 aromatic carbocycles. The fourth-order valence-electron chi connectivity index (χ4n) is 8.05. The first-order chi connectivity index (χ1) is 18.9. The van der Waals surface area contributed by atoms with Crippen LogP contribution in [0.15, 0.2) is 30.3 Å². The van der Waals surface area contributed by atoms with E-state index < -0.39 is 0 Å². The van der Waals surface area contributed by atoms with Crippen LogP contribution in [-0.4, -0.2) is 30.2 Å².